The minimum Gasteiger partial charge on any atom is -0.299 e. The molecule has 1 saturated carbocycles. The van der Waals surface area contributed by atoms with Crippen LogP contribution < -0.4 is 10.9 Å². The molecule has 2 rings (SSSR count). The van der Waals surface area contributed by atoms with Crippen LogP contribution >= 0.6 is 0 Å². The van der Waals surface area contributed by atoms with Crippen molar-refractivity contribution in [3.05, 3.63) is 30.1 Å². The first-order valence-electron chi connectivity index (χ1n) is 5.54. The maximum absolute atomic E-state index is 12.6. The van der Waals surface area contributed by atoms with Crippen molar-refractivity contribution in [3.63, 3.8) is 0 Å². The summed E-state index contributed by atoms with van der Waals surface area (Å²) in [6, 6.07) is 5.85. The van der Waals surface area contributed by atoms with E-state index in [9.17, 15) is 9.18 Å². The lowest BCUT2D eigenvalue weighted by molar-refractivity contribution is -0.120. The van der Waals surface area contributed by atoms with Gasteiger partial charge in [0.2, 0.25) is 5.91 Å². The topological polar surface area (TPSA) is 41.1 Å². The zero-order chi connectivity index (χ0) is 11.4. The maximum Gasteiger partial charge on any atom is 0.238 e. The van der Waals surface area contributed by atoms with Gasteiger partial charge in [-0.15, -0.1) is 0 Å². The number of amides is 1. The molecule has 86 valence electrons. The zero-order valence-electron chi connectivity index (χ0n) is 9.00. The molecule has 1 fully saturated rings. The van der Waals surface area contributed by atoms with Crippen LogP contribution in [0, 0.1) is 11.7 Å². The highest BCUT2D eigenvalue weighted by Crippen LogP contribution is 2.33. The van der Waals surface area contributed by atoms with Gasteiger partial charge in [-0.3, -0.25) is 15.6 Å². The number of carbonyl (C=O) groups excluding carboxylic acids is 1. The second-order valence-electron chi connectivity index (χ2n) is 4.16. The van der Waals surface area contributed by atoms with Gasteiger partial charge in [0.05, 0.1) is 5.69 Å². The molecule has 1 amide bonds. The van der Waals surface area contributed by atoms with Crippen LogP contribution in [0.3, 0.4) is 0 Å². The molecule has 0 aliphatic heterocycles. The molecule has 0 unspecified atom stereocenters. The smallest absolute Gasteiger partial charge is 0.238 e. The fourth-order valence-corrected chi connectivity index (χ4v) is 1.48. The Hall–Kier alpha value is -1.58. The summed E-state index contributed by atoms with van der Waals surface area (Å²) in [5.74, 6) is 0.457. The first kappa shape index (κ1) is 10.9. The molecule has 0 atom stereocenters. The van der Waals surface area contributed by atoms with Crippen molar-refractivity contribution in [2.75, 3.05) is 5.43 Å². The Morgan fingerprint density at radius 1 is 1.31 bits per heavy atom. The van der Waals surface area contributed by atoms with E-state index in [1.165, 1.54) is 25.0 Å². The SMILES string of the molecule is O=C(CCC1CC1)NNc1ccc(F)cc1. The van der Waals surface area contributed by atoms with Gasteiger partial charge in [0.1, 0.15) is 5.82 Å². The van der Waals surface area contributed by atoms with Gasteiger partial charge in [-0.2, -0.15) is 0 Å². The second-order valence-corrected chi connectivity index (χ2v) is 4.16. The number of hydrazine groups is 1. The summed E-state index contributed by atoms with van der Waals surface area (Å²) in [6.45, 7) is 0. The standard InChI is InChI=1S/C12H15FN2O/c13-10-4-6-11(7-5-10)14-15-12(16)8-3-9-1-2-9/h4-7,9,14H,1-3,8H2,(H,15,16). The summed E-state index contributed by atoms with van der Waals surface area (Å²) < 4.78 is 12.6. The average molecular weight is 222 g/mol. The molecule has 2 N–H and O–H groups in total. The number of rotatable bonds is 5. The van der Waals surface area contributed by atoms with Gasteiger partial charge in [-0.05, 0) is 36.6 Å². The highest BCUT2D eigenvalue weighted by molar-refractivity contribution is 5.77. The lowest BCUT2D eigenvalue weighted by Gasteiger charge is -2.07. The molecule has 0 radical (unpaired) electrons. The van der Waals surface area contributed by atoms with E-state index in [-0.39, 0.29) is 11.7 Å². The summed E-state index contributed by atoms with van der Waals surface area (Å²) in [5, 5.41) is 0. The van der Waals surface area contributed by atoms with E-state index in [0.717, 1.165) is 12.3 Å². The lowest BCUT2D eigenvalue weighted by atomic mass is 10.2. The third-order valence-electron chi connectivity index (χ3n) is 2.67. The van der Waals surface area contributed by atoms with Crippen LogP contribution in [0.25, 0.3) is 0 Å². The molecular formula is C12H15FN2O. The van der Waals surface area contributed by atoms with Crippen molar-refractivity contribution in [3.8, 4) is 0 Å². The number of benzene rings is 1. The molecule has 1 aromatic rings. The zero-order valence-corrected chi connectivity index (χ0v) is 9.00. The Morgan fingerprint density at radius 2 is 2.00 bits per heavy atom. The van der Waals surface area contributed by atoms with Gasteiger partial charge in [-0.1, -0.05) is 12.8 Å². The first-order chi connectivity index (χ1) is 7.74. The molecular weight excluding hydrogens is 207 g/mol. The van der Waals surface area contributed by atoms with E-state index >= 15 is 0 Å². The summed E-state index contributed by atoms with van der Waals surface area (Å²) in [5.41, 5.74) is 6.02. The third kappa shape index (κ3) is 3.53. The van der Waals surface area contributed by atoms with Crippen molar-refractivity contribution in [1.82, 2.24) is 5.43 Å². The van der Waals surface area contributed by atoms with Crippen molar-refractivity contribution >= 4 is 11.6 Å². The molecule has 1 aliphatic rings. The normalized spacial score (nSPS) is 14.6. The van der Waals surface area contributed by atoms with E-state index < -0.39 is 0 Å². The molecule has 1 aliphatic carbocycles. The highest BCUT2D eigenvalue weighted by Gasteiger charge is 2.21. The molecule has 0 spiro atoms. The fraction of sp³-hybridized carbons (Fsp3) is 0.417. The summed E-state index contributed by atoms with van der Waals surface area (Å²) in [6.07, 6.45) is 4.05. The Balaban J connectivity index is 1.69. The van der Waals surface area contributed by atoms with Gasteiger partial charge < -0.3 is 0 Å². The summed E-state index contributed by atoms with van der Waals surface area (Å²) >= 11 is 0. The minimum absolute atomic E-state index is 0.0174. The van der Waals surface area contributed by atoms with Crippen LogP contribution in [-0.2, 0) is 4.79 Å². The first-order valence-corrected chi connectivity index (χ1v) is 5.54. The van der Waals surface area contributed by atoms with E-state index in [4.69, 9.17) is 0 Å². The Kier molecular flexibility index (Phi) is 3.39. The van der Waals surface area contributed by atoms with Gasteiger partial charge in [0, 0.05) is 6.42 Å². The molecule has 0 saturated heterocycles. The summed E-state index contributed by atoms with van der Waals surface area (Å²) in [7, 11) is 0. The molecule has 1 aromatic carbocycles. The quantitative estimate of drug-likeness (QED) is 0.751. The van der Waals surface area contributed by atoms with Gasteiger partial charge >= 0.3 is 0 Å². The monoisotopic (exact) mass is 222 g/mol. The number of anilines is 1. The number of hydrogen-bond donors (Lipinski definition) is 2. The van der Waals surface area contributed by atoms with Gasteiger partial charge in [-0.25, -0.2) is 4.39 Å². The Morgan fingerprint density at radius 3 is 2.62 bits per heavy atom. The van der Waals surface area contributed by atoms with Gasteiger partial charge in [0.25, 0.3) is 0 Å². The van der Waals surface area contributed by atoms with Gasteiger partial charge in [0.15, 0.2) is 0 Å². The predicted octanol–water partition coefficient (Wildman–Crippen LogP) is 2.46. The van der Waals surface area contributed by atoms with Crippen LogP contribution in [-0.4, -0.2) is 5.91 Å². The molecule has 3 nitrogen and oxygen atoms in total. The molecule has 0 aromatic heterocycles. The predicted molar refractivity (Wildman–Crippen MR) is 60.1 cm³/mol. The van der Waals surface area contributed by atoms with Crippen LogP contribution in [0.15, 0.2) is 24.3 Å². The number of hydrogen-bond acceptors (Lipinski definition) is 2. The molecule has 4 heteroatoms. The van der Waals surface area contributed by atoms with Crippen molar-refractivity contribution in [2.24, 2.45) is 5.92 Å². The van der Waals surface area contributed by atoms with Crippen molar-refractivity contribution in [1.29, 1.82) is 0 Å². The number of carbonyl (C=O) groups is 1. The van der Waals surface area contributed by atoms with E-state index in [1.807, 2.05) is 0 Å². The van der Waals surface area contributed by atoms with E-state index in [1.54, 1.807) is 12.1 Å². The van der Waals surface area contributed by atoms with Crippen LogP contribution in [0.2, 0.25) is 0 Å². The molecule has 0 heterocycles. The lowest BCUT2D eigenvalue weighted by Crippen LogP contribution is -2.29. The van der Waals surface area contributed by atoms with E-state index in [0.29, 0.717) is 12.1 Å². The number of halogens is 1. The maximum atomic E-state index is 12.6. The molecule has 0 bridgehead atoms. The minimum atomic E-state index is -0.286. The third-order valence-corrected chi connectivity index (χ3v) is 2.67. The average Bonchev–Trinajstić information content (AvgIpc) is 3.09. The van der Waals surface area contributed by atoms with Crippen LogP contribution in [0.1, 0.15) is 25.7 Å². The van der Waals surface area contributed by atoms with E-state index in [2.05, 4.69) is 10.9 Å². The summed E-state index contributed by atoms with van der Waals surface area (Å²) in [4.78, 5) is 11.4. The van der Waals surface area contributed by atoms with Crippen LogP contribution in [0.5, 0.6) is 0 Å². The Labute approximate surface area is 94.0 Å². The highest BCUT2D eigenvalue weighted by atomic mass is 19.1. The second kappa shape index (κ2) is 4.96. The van der Waals surface area contributed by atoms with Crippen LogP contribution in [0.4, 0.5) is 10.1 Å². The fourth-order valence-electron chi connectivity index (χ4n) is 1.48. The Bertz CT molecular complexity index is 360. The van der Waals surface area contributed by atoms with Crippen molar-refractivity contribution in [2.45, 2.75) is 25.7 Å². The molecule has 16 heavy (non-hydrogen) atoms. The van der Waals surface area contributed by atoms with Crippen molar-refractivity contribution < 1.29 is 9.18 Å². The number of nitrogens with one attached hydrogen (secondary N) is 2. The largest absolute Gasteiger partial charge is 0.299 e.